The maximum Gasteiger partial charge on any atom is 0.261 e. The molecule has 4 nitrogen and oxygen atoms in total. The van der Waals surface area contributed by atoms with Gasteiger partial charge in [0.1, 0.15) is 12.4 Å². The number of nitrogens with one attached hydrogen (secondary N) is 1. The second kappa shape index (κ2) is 8.80. The van der Waals surface area contributed by atoms with E-state index in [-0.39, 0.29) is 5.91 Å². The third kappa shape index (κ3) is 5.28. The largest absolute Gasteiger partial charge is 0.467 e. The van der Waals surface area contributed by atoms with Crippen molar-refractivity contribution in [3.63, 3.8) is 0 Å². The molecular formula is C18H15Br2NO3S. The van der Waals surface area contributed by atoms with Crippen LogP contribution < -0.4 is 5.32 Å². The van der Waals surface area contributed by atoms with Crippen molar-refractivity contribution in [2.75, 3.05) is 0 Å². The van der Waals surface area contributed by atoms with E-state index >= 15 is 0 Å². The smallest absolute Gasteiger partial charge is 0.261 e. The number of thiophene rings is 1. The highest BCUT2D eigenvalue weighted by atomic mass is 79.9. The fourth-order valence-electron chi connectivity index (χ4n) is 2.22. The van der Waals surface area contributed by atoms with Crippen LogP contribution in [0.25, 0.3) is 0 Å². The first-order valence-corrected chi connectivity index (χ1v) is 9.93. The molecule has 0 atom stereocenters. The van der Waals surface area contributed by atoms with Crippen LogP contribution in [0.3, 0.4) is 0 Å². The van der Waals surface area contributed by atoms with Crippen molar-refractivity contribution in [2.24, 2.45) is 0 Å². The minimum atomic E-state index is -0.0872. The van der Waals surface area contributed by atoms with Gasteiger partial charge < -0.3 is 14.5 Å². The van der Waals surface area contributed by atoms with Gasteiger partial charge in [0.2, 0.25) is 0 Å². The van der Waals surface area contributed by atoms with Gasteiger partial charge in [-0.15, -0.1) is 11.3 Å². The van der Waals surface area contributed by atoms with Crippen molar-refractivity contribution in [3.8, 4) is 0 Å². The van der Waals surface area contributed by atoms with Crippen molar-refractivity contribution < 1.29 is 13.9 Å². The van der Waals surface area contributed by atoms with Crippen LogP contribution >= 0.6 is 43.2 Å². The summed E-state index contributed by atoms with van der Waals surface area (Å²) in [5.74, 6) is 0.715. The number of hydrogen-bond donors (Lipinski definition) is 1. The minimum absolute atomic E-state index is 0.0872. The maximum atomic E-state index is 12.2. The van der Waals surface area contributed by atoms with Crippen LogP contribution in [-0.4, -0.2) is 5.91 Å². The Kier molecular flexibility index (Phi) is 6.47. The number of hydrogen-bond acceptors (Lipinski definition) is 4. The number of rotatable bonds is 7. The normalized spacial score (nSPS) is 10.8. The molecule has 130 valence electrons. The zero-order valence-corrected chi connectivity index (χ0v) is 17.1. The molecule has 0 bridgehead atoms. The van der Waals surface area contributed by atoms with Gasteiger partial charge in [0, 0.05) is 11.0 Å². The number of amides is 1. The summed E-state index contributed by atoms with van der Waals surface area (Å²) in [4.78, 5) is 12.9. The van der Waals surface area contributed by atoms with E-state index in [1.165, 1.54) is 11.3 Å². The van der Waals surface area contributed by atoms with E-state index < -0.39 is 0 Å². The summed E-state index contributed by atoms with van der Waals surface area (Å²) in [5.41, 5.74) is 2.09. The first kappa shape index (κ1) is 18.4. The molecule has 3 aromatic rings. The van der Waals surface area contributed by atoms with Crippen LogP contribution in [-0.2, 0) is 24.5 Å². The highest BCUT2D eigenvalue weighted by Crippen LogP contribution is 2.32. The molecule has 0 radical (unpaired) electrons. The van der Waals surface area contributed by atoms with Crippen molar-refractivity contribution in [1.29, 1.82) is 0 Å². The molecule has 3 rings (SSSR count). The topological polar surface area (TPSA) is 51.5 Å². The number of benzene rings is 1. The molecule has 0 unspecified atom stereocenters. The van der Waals surface area contributed by atoms with E-state index in [2.05, 4.69) is 37.2 Å². The average Bonchev–Trinajstić information content (AvgIpc) is 3.23. The third-order valence-electron chi connectivity index (χ3n) is 3.41. The van der Waals surface area contributed by atoms with Crippen molar-refractivity contribution in [2.45, 2.75) is 19.8 Å². The lowest BCUT2D eigenvalue weighted by molar-refractivity contribution is 0.0928. The Morgan fingerprint density at radius 2 is 1.96 bits per heavy atom. The van der Waals surface area contributed by atoms with Gasteiger partial charge >= 0.3 is 0 Å². The summed E-state index contributed by atoms with van der Waals surface area (Å²) < 4.78 is 12.7. The molecule has 0 fully saturated rings. The van der Waals surface area contributed by atoms with E-state index in [1.807, 2.05) is 42.5 Å². The molecule has 1 amide bonds. The van der Waals surface area contributed by atoms with Crippen molar-refractivity contribution in [1.82, 2.24) is 5.32 Å². The number of carbonyl (C=O) groups excluding carboxylic acids is 1. The Labute approximate surface area is 166 Å². The molecule has 25 heavy (non-hydrogen) atoms. The summed E-state index contributed by atoms with van der Waals surface area (Å²) in [6.45, 7) is 1.40. The molecule has 2 aromatic heterocycles. The molecular weight excluding hydrogens is 470 g/mol. The van der Waals surface area contributed by atoms with Crippen LogP contribution in [0.5, 0.6) is 0 Å². The summed E-state index contributed by atoms with van der Waals surface area (Å²) >= 11 is 8.19. The van der Waals surface area contributed by atoms with E-state index in [0.717, 1.165) is 25.1 Å². The zero-order chi connectivity index (χ0) is 17.6. The predicted octanol–water partition coefficient (Wildman–Crippen LogP) is 5.51. The highest BCUT2D eigenvalue weighted by molar-refractivity contribution is 9.13. The standard InChI is InChI=1S/C18H15Br2NO3S/c19-15-8-16(25-17(15)20)18(22)21-9-12-3-1-4-13(7-12)10-23-11-14-5-2-6-24-14/h1-8H,9-11H2,(H,21,22). The Bertz CT molecular complexity index is 826. The fraction of sp³-hybridized carbons (Fsp3) is 0.167. The van der Waals surface area contributed by atoms with Gasteiger partial charge in [0.25, 0.3) is 5.91 Å². The molecule has 0 saturated carbocycles. The SMILES string of the molecule is O=C(NCc1cccc(COCc2ccco2)c1)c1cc(Br)c(Br)s1. The second-order valence-corrected chi connectivity index (χ2v) is 8.53. The summed E-state index contributed by atoms with van der Waals surface area (Å²) in [7, 11) is 0. The average molecular weight is 485 g/mol. The fourth-order valence-corrected chi connectivity index (χ4v) is 4.17. The molecule has 0 saturated heterocycles. The van der Waals surface area contributed by atoms with Crippen LogP contribution in [0.1, 0.15) is 26.6 Å². The minimum Gasteiger partial charge on any atom is -0.467 e. The quantitative estimate of drug-likeness (QED) is 0.480. The lowest BCUT2D eigenvalue weighted by atomic mass is 10.1. The Morgan fingerprint density at radius 3 is 2.68 bits per heavy atom. The van der Waals surface area contributed by atoms with Gasteiger partial charge in [-0.2, -0.15) is 0 Å². The van der Waals surface area contributed by atoms with Crippen LogP contribution in [0, 0.1) is 0 Å². The lowest BCUT2D eigenvalue weighted by Crippen LogP contribution is -2.21. The van der Waals surface area contributed by atoms with E-state index in [9.17, 15) is 4.79 Å². The Morgan fingerprint density at radius 1 is 1.12 bits per heavy atom. The summed E-state index contributed by atoms with van der Waals surface area (Å²) in [5, 5.41) is 2.94. The Hall–Kier alpha value is -1.41. The monoisotopic (exact) mass is 483 g/mol. The summed E-state index contributed by atoms with van der Waals surface area (Å²) in [6.07, 6.45) is 1.63. The third-order valence-corrected chi connectivity index (χ3v) is 6.66. The molecule has 0 aliphatic rings. The molecule has 7 heteroatoms. The van der Waals surface area contributed by atoms with E-state index in [4.69, 9.17) is 9.15 Å². The van der Waals surface area contributed by atoms with Crippen molar-refractivity contribution >= 4 is 49.1 Å². The van der Waals surface area contributed by atoms with Gasteiger partial charge in [-0.05, 0) is 61.2 Å². The first-order chi connectivity index (χ1) is 12.1. The first-order valence-electron chi connectivity index (χ1n) is 7.53. The molecule has 0 aliphatic heterocycles. The van der Waals surface area contributed by atoms with Gasteiger partial charge in [-0.1, -0.05) is 24.3 Å². The summed E-state index contributed by atoms with van der Waals surface area (Å²) in [6, 6.07) is 13.5. The number of furan rings is 1. The van der Waals surface area contributed by atoms with Crippen LogP contribution in [0.2, 0.25) is 0 Å². The van der Waals surface area contributed by atoms with E-state index in [1.54, 1.807) is 6.26 Å². The van der Waals surface area contributed by atoms with Gasteiger partial charge in [0.05, 0.1) is 21.5 Å². The van der Waals surface area contributed by atoms with Crippen molar-refractivity contribution in [3.05, 3.63) is 78.8 Å². The number of carbonyl (C=O) groups is 1. The highest BCUT2D eigenvalue weighted by Gasteiger charge is 2.11. The van der Waals surface area contributed by atoms with Gasteiger partial charge in [-0.3, -0.25) is 4.79 Å². The molecule has 1 N–H and O–H groups in total. The maximum absolute atomic E-state index is 12.2. The van der Waals surface area contributed by atoms with Crippen LogP contribution in [0.15, 0.2) is 61.4 Å². The number of ether oxygens (including phenoxy) is 1. The lowest BCUT2D eigenvalue weighted by Gasteiger charge is -2.07. The van der Waals surface area contributed by atoms with Gasteiger partial charge in [-0.25, -0.2) is 0 Å². The molecule has 2 heterocycles. The molecule has 0 spiro atoms. The van der Waals surface area contributed by atoms with E-state index in [0.29, 0.717) is 24.6 Å². The Balaban J connectivity index is 1.51. The second-order valence-electron chi connectivity index (χ2n) is 5.31. The zero-order valence-electron chi connectivity index (χ0n) is 13.1. The predicted molar refractivity (Wildman–Crippen MR) is 105 cm³/mol. The van der Waals surface area contributed by atoms with Gasteiger partial charge in [0.15, 0.2) is 0 Å². The molecule has 1 aromatic carbocycles. The molecule has 0 aliphatic carbocycles. The number of halogens is 2. The van der Waals surface area contributed by atoms with Crippen LogP contribution in [0.4, 0.5) is 0 Å².